The third kappa shape index (κ3) is 5.84. The third-order valence-corrected chi connectivity index (χ3v) is 3.40. The maximum absolute atomic E-state index is 12.4. The lowest BCUT2D eigenvalue weighted by atomic mass is 10.0. The highest BCUT2D eigenvalue weighted by molar-refractivity contribution is 6.00. The zero-order valence-corrected chi connectivity index (χ0v) is 13.2. The van der Waals surface area contributed by atoms with Crippen molar-refractivity contribution in [2.45, 2.75) is 25.4 Å². The minimum atomic E-state index is -0.959. The van der Waals surface area contributed by atoms with Gasteiger partial charge < -0.3 is 20.8 Å². The predicted molar refractivity (Wildman–Crippen MR) is 87.4 cm³/mol. The molecule has 4 N–H and O–H groups in total. The van der Waals surface area contributed by atoms with Crippen LogP contribution in [0.25, 0.3) is 0 Å². The molecule has 0 saturated carbocycles. The number of nitrogens with one attached hydrogen (secondary N) is 2. The quantitative estimate of drug-likeness (QED) is 0.394. The summed E-state index contributed by atoms with van der Waals surface area (Å²) in [7, 11) is 0. The summed E-state index contributed by atoms with van der Waals surface area (Å²) in [6, 6.07) is 8.01. The molecular formula is C17H24N2O4. The number of carbonyl (C=O) groups excluding carboxylic acids is 2. The summed E-state index contributed by atoms with van der Waals surface area (Å²) in [6.45, 7) is 4.72. The molecule has 0 aliphatic rings. The van der Waals surface area contributed by atoms with Gasteiger partial charge in [-0.3, -0.25) is 9.59 Å². The van der Waals surface area contributed by atoms with Gasteiger partial charge in [0.25, 0.3) is 0 Å². The van der Waals surface area contributed by atoms with Crippen LogP contribution in [0.3, 0.4) is 0 Å². The maximum Gasteiger partial charge on any atom is 0.233 e. The lowest BCUT2D eigenvalue weighted by molar-refractivity contribution is -0.136. The monoisotopic (exact) mass is 320 g/mol. The van der Waals surface area contributed by atoms with Crippen LogP contribution in [-0.4, -0.2) is 41.3 Å². The van der Waals surface area contributed by atoms with Gasteiger partial charge in [0, 0.05) is 6.04 Å². The van der Waals surface area contributed by atoms with E-state index < -0.39 is 29.8 Å². The average Bonchev–Trinajstić information content (AvgIpc) is 2.57. The van der Waals surface area contributed by atoms with Gasteiger partial charge in [0.15, 0.2) is 0 Å². The fraction of sp³-hybridized carbons (Fsp3) is 0.412. The highest BCUT2D eigenvalue weighted by Crippen LogP contribution is 2.14. The summed E-state index contributed by atoms with van der Waals surface area (Å²) in [5, 5.41) is 23.7. The van der Waals surface area contributed by atoms with Crippen molar-refractivity contribution in [1.29, 1.82) is 0 Å². The Morgan fingerprint density at radius 1 is 1.13 bits per heavy atom. The molecule has 0 radical (unpaired) electrons. The summed E-state index contributed by atoms with van der Waals surface area (Å²) >= 11 is 0. The van der Waals surface area contributed by atoms with Crippen molar-refractivity contribution in [2.75, 3.05) is 13.2 Å². The van der Waals surface area contributed by atoms with Crippen molar-refractivity contribution in [1.82, 2.24) is 10.6 Å². The molecule has 2 amide bonds. The highest BCUT2D eigenvalue weighted by atomic mass is 16.3. The Morgan fingerprint density at radius 3 is 2.26 bits per heavy atom. The number of hydrogen-bond donors (Lipinski definition) is 4. The van der Waals surface area contributed by atoms with Gasteiger partial charge in [-0.1, -0.05) is 36.4 Å². The van der Waals surface area contributed by atoms with E-state index in [0.717, 1.165) is 5.56 Å². The smallest absolute Gasteiger partial charge is 0.233 e. The maximum atomic E-state index is 12.4. The lowest BCUT2D eigenvalue weighted by Crippen LogP contribution is -2.46. The average molecular weight is 320 g/mol. The van der Waals surface area contributed by atoms with E-state index in [2.05, 4.69) is 17.2 Å². The van der Waals surface area contributed by atoms with Crippen LogP contribution in [0.15, 0.2) is 43.0 Å². The molecule has 126 valence electrons. The van der Waals surface area contributed by atoms with Crippen LogP contribution in [-0.2, 0) is 9.59 Å². The van der Waals surface area contributed by atoms with E-state index in [1.165, 1.54) is 6.08 Å². The van der Waals surface area contributed by atoms with E-state index >= 15 is 0 Å². The van der Waals surface area contributed by atoms with Crippen LogP contribution in [0.1, 0.15) is 24.9 Å². The molecule has 0 heterocycles. The second-order valence-electron chi connectivity index (χ2n) is 5.32. The Kier molecular flexibility index (Phi) is 8.01. The van der Waals surface area contributed by atoms with Gasteiger partial charge in [-0.05, 0) is 18.9 Å². The van der Waals surface area contributed by atoms with E-state index in [4.69, 9.17) is 5.11 Å². The number of amides is 2. The number of aliphatic hydroxyl groups is 2. The molecule has 0 spiro atoms. The van der Waals surface area contributed by atoms with Crippen molar-refractivity contribution >= 4 is 11.8 Å². The molecule has 0 bridgehead atoms. The number of hydrogen-bond acceptors (Lipinski definition) is 4. The number of allylic oxidation sites excluding steroid dienone is 1. The molecule has 1 aromatic carbocycles. The number of carbonyl (C=O) groups is 2. The summed E-state index contributed by atoms with van der Waals surface area (Å²) in [6.07, 6.45) is 1.66. The first-order valence-electron chi connectivity index (χ1n) is 7.51. The predicted octanol–water partition coefficient (Wildman–Crippen LogP) is 0.526. The van der Waals surface area contributed by atoms with Gasteiger partial charge in [-0.25, -0.2) is 0 Å². The van der Waals surface area contributed by atoms with Gasteiger partial charge >= 0.3 is 0 Å². The molecule has 0 aromatic heterocycles. The molecule has 3 atom stereocenters. The van der Waals surface area contributed by atoms with Gasteiger partial charge in [0.2, 0.25) is 11.8 Å². The molecule has 1 aromatic rings. The highest BCUT2D eigenvalue weighted by Gasteiger charge is 2.28. The number of benzene rings is 1. The van der Waals surface area contributed by atoms with Gasteiger partial charge in [0.1, 0.15) is 5.92 Å². The van der Waals surface area contributed by atoms with Crippen molar-refractivity contribution in [3.8, 4) is 0 Å². The van der Waals surface area contributed by atoms with Crippen LogP contribution in [0, 0.1) is 5.92 Å². The topological polar surface area (TPSA) is 98.7 Å². The summed E-state index contributed by atoms with van der Waals surface area (Å²) in [5.74, 6) is -1.93. The molecule has 0 aliphatic heterocycles. The van der Waals surface area contributed by atoms with E-state index in [-0.39, 0.29) is 19.6 Å². The largest absolute Gasteiger partial charge is 0.394 e. The Balaban J connectivity index is 2.80. The van der Waals surface area contributed by atoms with E-state index in [0.29, 0.717) is 0 Å². The Hall–Kier alpha value is -2.18. The van der Waals surface area contributed by atoms with Crippen molar-refractivity contribution in [3.05, 3.63) is 48.6 Å². The second kappa shape index (κ2) is 9.76. The third-order valence-electron chi connectivity index (χ3n) is 3.40. The molecule has 6 heteroatoms. The Morgan fingerprint density at radius 2 is 1.74 bits per heavy atom. The SMILES string of the molecule is C=CCC(C(=O)N[C@@H](C)CO)C(=O)N[C@H](CO)c1ccccc1. The Labute approximate surface area is 136 Å². The van der Waals surface area contributed by atoms with Crippen LogP contribution >= 0.6 is 0 Å². The summed E-state index contributed by atoms with van der Waals surface area (Å²) in [5.41, 5.74) is 0.754. The fourth-order valence-corrected chi connectivity index (χ4v) is 2.08. The van der Waals surface area contributed by atoms with Gasteiger partial charge in [0.05, 0.1) is 19.3 Å². The Bertz CT molecular complexity index is 519. The first-order chi connectivity index (χ1) is 11.0. The first kappa shape index (κ1) is 18.9. The van der Waals surface area contributed by atoms with E-state index in [1.807, 2.05) is 6.07 Å². The van der Waals surface area contributed by atoms with Crippen molar-refractivity contribution in [3.63, 3.8) is 0 Å². The standard InChI is InChI=1S/C17H24N2O4/c1-3-7-14(16(22)18-12(2)10-20)17(23)19-15(11-21)13-8-5-4-6-9-13/h3-6,8-9,12,14-15,20-21H,1,7,10-11H2,2H3,(H,18,22)(H,19,23)/t12-,14?,15+/m0/s1. The first-order valence-corrected chi connectivity index (χ1v) is 7.51. The van der Waals surface area contributed by atoms with E-state index in [9.17, 15) is 14.7 Å². The zero-order valence-electron chi connectivity index (χ0n) is 13.2. The van der Waals surface area contributed by atoms with Crippen LogP contribution in [0.2, 0.25) is 0 Å². The zero-order chi connectivity index (χ0) is 17.2. The summed E-state index contributed by atoms with van der Waals surface area (Å²) < 4.78 is 0. The molecule has 23 heavy (non-hydrogen) atoms. The minimum absolute atomic E-state index is 0.169. The van der Waals surface area contributed by atoms with Crippen LogP contribution < -0.4 is 10.6 Å². The van der Waals surface area contributed by atoms with Crippen LogP contribution in [0.5, 0.6) is 0 Å². The minimum Gasteiger partial charge on any atom is -0.394 e. The van der Waals surface area contributed by atoms with E-state index in [1.54, 1.807) is 31.2 Å². The normalized spacial score (nSPS) is 14.4. The number of rotatable bonds is 9. The van der Waals surface area contributed by atoms with Crippen molar-refractivity contribution < 1.29 is 19.8 Å². The van der Waals surface area contributed by atoms with Crippen molar-refractivity contribution in [2.24, 2.45) is 5.92 Å². The van der Waals surface area contributed by atoms with Gasteiger partial charge in [-0.15, -0.1) is 6.58 Å². The molecule has 1 rings (SSSR count). The number of aliphatic hydroxyl groups excluding tert-OH is 2. The van der Waals surface area contributed by atoms with Gasteiger partial charge in [-0.2, -0.15) is 0 Å². The fourth-order valence-electron chi connectivity index (χ4n) is 2.08. The molecular weight excluding hydrogens is 296 g/mol. The molecule has 0 aliphatic carbocycles. The van der Waals surface area contributed by atoms with Crippen LogP contribution in [0.4, 0.5) is 0 Å². The second-order valence-corrected chi connectivity index (χ2v) is 5.32. The summed E-state index contributed by atoms with van der Waals surface area (Å²) in [4.78, 5) is 24.6. The molecule has 0 saturated heterocycles. The lowest BCUT2D eigenvalue weighted by Gasteiger charge is -2.22. The molecule has 0 fully saturated rings. The molecule has 6 nitrogen and oxygen atoms in total. The molecule has 1 unspecified atom stereocenters.